The second-order valence-corrected chi connectivity index (χ2v) is 7.91. The molecule has 1 aromatic heterocycles. The summed E-state index contributed by atoms with van der Waals surface area (Å²) in [7, 11) is 0. The molecule has 0 aliphatic carbocycles. The van der Waals surface area contributed by atoms with Gasteiger partial charge in [0, 0.05) is 28.9 Å². The van der Waals surface area contributed by atoms with Gasteiger partial charge in [0.2, 0.25) is 5.91 Å². The van der Waals surface area contributed by atoms with Gasteiger partial charge in [0.05, 0.1) is 11.3 Å². The number of rotatable bonds is 8. The molecule has 1 N–H and O–H groups in total. The summed E-state index contributed by atoms with van der Waals surface area (Å²) in [6.45, 7) is 4.62. The highest BCUT2D eigenvalue weighted by Gasteiger charge is 2.12. The number of aromatic nitrogens is 1. The van der Waals surface area contributed by atoms with E-state index in [9.17, 15) is 9.59 Å². The minimum absolute atomic E-state index is 0.00527. The second kappa shape index (κ2) is 9.60. The van der Waals surface area contributed by atoms with Crippen LogP contribution in [-0.4, -0.2) is 22.3 Å². The van der Waals surface area contributed by atoms with Gasteiger partial charge in [-0.2, -0.15) is 0 Å². The highest BCUT2D eigenvalue weighted by Crippen LogP contribution is 2.26. The van der Waals surface area contributed by atoms with Gasteiger partial charge in [-0.15, -0.1) is 11.8 Å². The third-order valence-corrected chi connectivity index (χ3v) is 5.83. The standard InChI is InChI=1S/C23H26N2O2S/c1-3-25-20-12-8-7-11-19(20)21(15-23(25)27)28-16-22(26)24-17(2)13-14-18-9-5-4-6-10-18/h4-12,15,17H,3,13-14,16H2,1-2H3,(H,24,26)/t17-/m0/s1. The van der Waals surface area contributed by atoms with Gasteiger partial charge in [-0.3, -0.25) is 9.59 Å². The third-order valence-electron chi connectivity index (χ3n) is 4.77. The molecule has 1 atom stereocenters. The van der Waals surface area contributed by atoms with Crippen LogP contribution in [-0.2, 0) is 17.8 Å². The lowest BCUT2D eigenvalue weighted by Crippen LogP contribution is -2.34. The molecular weight excluding hydrogens is 368 g/mol. The molecule has 0 saturated carbocycles. The molecule has 146 valence electrons. The number of hydrogen-bond acceptors (Lipinski definition) is 3. The van der Waals surface area contributed by atoms with Gasteiger partial charge in [0.15, 0.2) is 0 Å². The highest BCUT2D eigenvalue weighted by atomic mass is 32.2. The molecule has 0 fully saturated rings. The Labute approximate surface area is 170 Å². The van der Waals surface area contributed by atoms with E-state index in [0.717, 1.165) is 28.6 Å². The summed E-state index contributed by atoms with van der Waals surface area (Å²) >= 11 is 1.42. The van der Waals surface area contributed by atoms with Crippen LogP contribution in [0.15, 0.2) is 70.4 Å². The molecule has 3 rings (SSSR count). The van der Waals surface area contributed by atoms with Crippen molar-refractivity contribution in [1.29, 1.82) is 0 Å². The third kappa shape index (κ3) is 5.04. The molecule has 2 aromatic carbocycles. The molecular formula is C23H26N2O2S. The Balaban J connectivity index is 1.59. The summed E-state index contributed by atoms with van der Waals surface area (Å²) < 4.78 is 1.76. The van der Waals surface area contributed by atoms with E-state index in [1.54, 1.807) is 10.6 Å². The first kappa shape index (κ1) is 20.2. The van der Waals surface area contributed by atoms with Crippen molar-refractivity contribution >= 4 is 28.6 Å². The molecule has 1 heterocycles. The summed E-state index contributed by atoms with van der Waals surface area (Å²) in [5, 5.41) is 4.08. The van der Waals surface area contributed by atoms with Crippen LogP contribution in [0.25, 0.3) is 10.9 Å². The number of benzene rings is 2. The molecule has 0 radical (unpaired) electrons. The summed E-state index contributed by atoms with van der Waals surface area (Å²) in [5.41, 5.74) is 2.16. The molecule has 5 heteroatoms. The molecule has 0 unspecified atom stereocenters. The Hall–Kier alpha value is -2.53. The van der Waals surface area contributed by atoms with Crippen LogP contribution >= 0.6 is 11.8 Å². The van der Waals surface area contributed by atoms with Crippen molar-refractivity contribution in [2.45, 2.75) is 44.2 Å². The van der Waals surface area contributed by atoms with Gasteiger partial charge in [0.1, 0.15) is 0 Å². The monoisotopic (exact) mass is 394 g/mol. The first-order valence-corrected chi connectivity index (χ1v) is 10.7. The normalized spacial score (nSPS) is 12.1. The zero-order valence-corrected chi connectivity index (χ0v) is 17.2. The van der Waals surface area contributed by atoms with Gasteiger partial charge >= 0.3 is 0 Å². The van der Waals surface area contributed by atoms with Crippen molar-refractivity contribution in [2.24, 2.45) is 0 Å². The van der Waals surface area contributed by atoms with Gasteiger partial charge in [-0.25, -0.2) is 0 Å². The van der Waals surface area contributed by atoms with Crippen LogP contribution in [0.1, 0.15) is 25.8 Å². The Morgan fingerprint density at radius 3 is 2.57 bits per heavy atom. The Bertz CT molecular complexity index is 998. The number of pyridine rings is 1. The first-order chi connectivity index (χ1) is 13.6. The van der Waals surface area contributed by atoms with Crippen molar-refractivity contribution in [3.05, 3.63) is 76.6 Å². The van der Waals surface area contributed by atoms with E-state index in [0.29, 0.717) is 12.3 Å². The quantitative estimate of drug-likeness (QED) is 0.581. The number of thioether (sulfide) groups is 1. The fourth-order valence-corrected chi connectivity index (χ4v) is 4.19. The van der Waals surface area contributed by atoms with Crippen molar-refractivity contribution in [2.75, 3.05) is 5.75 Å². The highest BCUT2D eigenvalue weighted by molar-refractivity contribution is 8.00. The minimum atomic E-state index is -0.0275. The second-order valence-electron chi connectivity index (χ2n) is 6.89. The van der Waals surface area contributed by atoms with E-state index in [1.807, 2.05) is 56.3 Å². The SMILES string of the molecule is CCn1c(=O)cc(SCC(=O)N[C@@H](C)CCc2ccccc2)c2ccccc21. The maximum atomic E-state index is 12.4. The Morgan fingerprint density at radius 1 is 1.11 bits per heavy atom. The van der Waals surface area contributed by atoms with Crippen LogP contribution in [0.5, 0.6) is 0 Å². The minimum Gasteiger partial charge on any atom is -0.353 e. The number of nitrogens with one attached hydrogen (secondary N) is 1. The van der Waals surface area contributed by atoms with Crippen LogP contribution in [0.2, 0.25) is 0 Å². The molecule has 1 amide bonds. The van der Waals surface area contributed by atoms with Crippen LogP contribution < -0.4 is 10.9 Å². The number of hydrogen-bond donors (Lipinski definition) is 1. The van der Waals surface area contributed by atoms with Gasteiger partial charge in [-0.05, 0) is 38.3 Å². The molecule has 0 aliphatic rings. The number of para-hydroxylation sites is 1. The lowest BCUT2D eigenvalue weighted by Gasteiger charge is -2.15. The van der Waals surface area contributed by atoms with Crippen LogP contribution in [0, 0.1) is 0 Å². The molecule has 3 aromatic rings. The number of carbonyl (C=O) groups excluding carboxylic acids is 1. The molecule has 0 bridgehead atoms. The maximum absolute atomic E-state index is 12.4. The average Bonchev–Trinajstić information content (AvgIpc) is 2.71. The Kier molecular flexibility index (Phi) is 6.93. The molecule has 0 saturated heterocycles. The zero-order valence-electron chi connectivity index (χ0n) is 16.4. The van der Waals surface area contributed by atoms with E-state index in [-0.39, 0.29) is 17.5 Å². The molecule has 0 spiro atoms. The number of nitrogens with zero attached hydrogens (tertiary/aromatic N) is 1. The van der Waals surface area contributed by atoms with E-state index in [2.05, 4.69) is 17.4 Å². The average molecular weight is 395 g/mol. The molecule has 4 nitrogen and oxygen atoms in total. The van der Waals surface area contributed by atoms with Crippen molar-refractivity contribution in [1.82, 2.24) is 9.88 Å². The number of fused-ring (bicyclic) bond motifs is 1. The maximum Gasteiger partial charge on any atom is 0.252 e. The fourth-order valence-electron chi connectivity index (χ4n) is 3.31. The van der Waals surface area contributed by atoms with Crippen LogP contribution in [0.3, 0.4) is 0 Å². The lowest BCUT2D eigenvalue weighted by atomic mass is 10.1. The number of carbonyl (C=O) groups is 1. The van der Waals surface area contributed by atoms with Crippen LogP contribution in [0.4, 0.5) is 0 Å². The van der Waals surface area contributed by atoms with E-state index >= 15 is 0 Å². The van der Waals surface area contributed by atoms with Crippen molar-refractivity contribution in [3.63, 3.8) is 0 Å². The largest absolute Gasteiger partial charge is 0.353 e. The van der Waals surface area contributed by atoms with Crippen molar-refractivity contribution < 1.29 is 4.79 Å². The topological polar surface area (TPSA) is 51.1 Å². The number of aryl methyl sites for hydroxylation is 2. The predicted molar refractivity (Wildman–Crippen MR) is 117 cm³/mol. The van der Waals surface area contributed by atoms with Gasteiger partial charge in [-0.1, -0.05) is 48.5 Å². The molecule has 28 heavy (non-hydrogen) atoms. The summed E-state index contributed by atoms with van der Waals surface area (Å²) in [4.78, 5) is 25.6. The fraction of sp³-hybridized carbons (Fsp3) is 0.304. The molecule has 0 aliphatic heterocycles. The van der Waals surface area contributed by atoms with Gasteiger partial charge < -0.3 is 9.88 Å². The van der Waals surface area contributed by atoms with Crippen molar-refractivity contribution in [3.8, 4) is 0 Å². The zero-order chi connectivity index (χ0) is 19.9. The lowest BCUT2D eigenvalue weighted by molar-refractivity contribution is -0.119. The first-order valence-electron chi connectivity index (χ1n) is 9.67. The van der Waals surface area contributed by atoms with E-state index in [1.165, 1.54) is 17.3 Å². The van der Waals surface area contributed by atoms with E-state index < -0.39 is 0 Å². The summed E-state index contributed by atoms with van der Waals surface area (Å²) in [6.07, 6.45) is 1.84. The predicted octanol–water partition coefficient (Wildman–Crippen LogP) is 4.25. The van der Waals surface area contributed by atoms with Gasteiger partial charge in [0.25, 0.3) is 5.56 Å². The Morgan fingerprint density at radius 2 is 1.82 bits per heavy atom. The summed E-state index contributed by atoms with van der Waals surface area (Å²) in [5.74, 6) is 0.296. The smallest absolute Gasteiger partial charge is 0.252 e. The summed E-state index contributed by atoms with van der Waals surface area (Å²) in [6, 6.07) is 19.9. The number of amides is 1. The van der Waals surface area contributed by atoms with E-state index in [4.69, 9.17) is 0 Å².